The van der Waals surface area contributed by atoms with Gasteiger partial charge in [-0.2, -0.15) is 5.10 Å². The van der Waals surface area contributed by atoms with Crippen LogP contribution in [0.4, 0.5) is 0 Å². The molecule has 1 fully saturated rings. The summed E-state index contributed by atoms with van der Waals surface area (Å²) in [4.78, 5) is 19.0. The fourth-order valence-electron chi connectivity index (χ4n) is 3.41. The summed E-state index contributed by atoms with van der Waals surface area (Å²) in [6, 6.07) is 2.10. The predicted molar refractivity (Wildman–Crippen MR) is 88.0 cm³/mol. The number of aromatic nitrogens is 4. The number of rotatable bonds is 4. The Hall–Kier alpha value is -2.11. The molecule has 0 N–H and O–H groups in total. The van der Waals surface area contributed by atoms with Crippen LogP contribution in [0.2, 0.25) is 0 Å². The Morgan fingerprint density at radius 1 is 1.39 bits per heavy atom. The molecule has 1 aliphatic heterocycles. The Morgan fingerprint density at radius 2 is 2.22 bits per heavy atom. The van der Waals surface area contributed by atoms with Crippen molar-refractivity contribution in [1.82, 2.24) is 24.2 Å². The van der Waals surface area contributed by atoms with Crippen LogP contribution in [0.25, 0.3) is 0 Å². The van der Waals surface area contributed by atoms with Gasteiger partial charge in [0.1, 0.15) is 6.04 Å². The summed E-state index contributed by atoms with van der Waals surface area (Å²) < 4.78 is 3.91. The van der Waals surface area contributed by atoms with Crippen molar-refractivity contribution in [2.45, 2.75) is 58.7 Å². The highest BCUT2D eigenvalue weighted by Crippen LogP contribution is 2.22. The summed E-state index contributed by atoms with van der Waals surface area (Å²) in [7, 11) is 0. The zero-order valence-electron chi connectivity index (χ0n) is 14.1. The molecule has 0 radical (unpaired) electrons. The van der Waals surface area contributed by atoms with Gasteiger partial charge < -0.3 is 9.47 Å². The molecule has 3 heterocycles. The van der Waals surface area contributed by atoms with Crippen LogP contribution >= 0.6 is 0 Å². The molecule has 2 atom stereocenters. The monoisotopic (exact) mass is 315 g/mol. The molecular weight excluding hydrogens is 290 g/mol. The average Bonchev–Trinajstić information content (AvgIpc) is 3.17. The van der Waals surface area contributed by atoms with Gasteiger partial charge in [0, 0.05) is 24.6 Å². The fraction of sp³-hybridized carbons (Fsp3) is 0.588. The van der Waals surface area contributed by atoms with E-state index in [4.69, 9.17) is 0 Å². The summed E-state index contributed by atoms with van der Waals surface area (Å²) in [6.07, 6.45) is 8.57. The Balaban J connectivity index is 1.75. The van der Waals surface area contributed by atoms with Gasteiger partial charge in [-0.15, -0.1) is 0 Å². The maximum Gasteiger partial charge on any atom is 0.245 e. The van der Waals surface area contributed by atoms with E-state index in [-0.39, 0.29) is 18.0 Å². The lowest BCUT2D eigenvalue weighted by atomic mass is 10.0. The second kappa shape index (κ2) is 6.56. The highest BCUT2D eigenvalue weighted by atomic mass is 16.2. The summed E-state index contributed by atoms with van der Waals surface area (Å²) in [5.41, 5.74) is 2.19. The molecule has 0 spiro atoms. The third kappa shape index (κ3) is 3.30. The van der Waals surface area contributed by atoms with Gasteiger partial charge in [-0.3, -0.25) is 9.48 Å². The second-order valence-electron chi connectivity index (χ2n) is 6.48. The first kappa shape index (κ1) is 15.8. The minimum atomic E-state index is -0.210. The lowest BCUT2D eigenvalue weighted by Crippen LogP contribution is -2.48. The molecule has 0 saturated carbocycles. The third-order valence-corrected chi connectivity index (χ3v) is 4.73. The molecule has 3 rings (SSSR count). The summed E-state index contributed by atoms with van der Waals surface area (Å²) >= 11 is 0. The van der Waals surface area contributed by atoms with Crippen molar-refractivity contribution in [1.29, 1.82) is 0 Å². The standard InChI is InChI=1S/C17H25N5O/c1-13-10-14(2)22(19-13)11-16-6-4-5-8-21(16)17(23)15(3)20-9-7-18-12-20/h7,9-10,12,15-16H,4-6,8,11H2,1-3H3/t15-,16-/m1/s1. The molecule has 0 aromatic carbocycles. The zero-order chi connectivity index (χ0) is 16.4. The molecule has 1 saturated heterocycles. The number of aryl methyl sites for hydroxylation is 2. The number of carbonyl (C=O) groups excluding carboxylic acids is 1. The number of nitrogens with zero attached hydrogens (tertiary/aromatic N) is 5. The van der Waals surface area contributed by atoms with Crippen LogP contribution in [0.15, 0.2) is 24.8 Å². The molecule has 124 valence electrons. The van der Waals surface area contributed by atoms with Crippen LogP contribution in [0.1, 0.15) is 43.6 Å². The molecule has 6 heteroatoms. The highest BCUT2D eigenvalue weighted by Gasteiger charge is 2.30. The maximum absolute atomic E-state index is 12.9. The predicted octanol–water partition coefficient (Wildman–Crippen LogP) is 2.34. The quantitative estimate of drug-likeness (QED) is 0.870. The molecule has 0 unspecified atom stereocenters. The van der Waals surface area contributed by atoms with E-state index in [9.17, 15) is 4.79 Å². The first-order valence-corrected chi connectivity index (χ1v) is 8.35. The normalized spacial score (nSPS) is 19.8. The van der Waals surface area contributed by atoms with Crippen molar-refractivity contribution < 1.29 is 4.79 Å². The van der Waals surface area contributed by atoms with Gasteiger partial charge in [-0.25, -0.2) is 4.98 Å². The molecule has 2 aromatic heterocycles. The molecule has 0 bridgehead atoms. The number of carbonyl (C=O) groups is 1. The van der Waals surface area contributed by atoms with Gasteiger partial charge in [0.2, 0.25) is 5.91 Å². The van der Waals surface area contributed by atoms with Crippen molar-refractivity contribution >= 4 is 5.91 Å². The number of amides is 1. The van der Waals surface area contributed by atoms with Gasteiger partial charge in [-0.1, -0.05) is 0 Å². The first-order chi connectivity index (χ1) is 11.1. The third-order valence-electron chi connectivity index (χ3n) is 4.73. The van der Waals surface area contributed by atoms with E-state index in [1.165, 1.54) is 6.42 Å². The van der Waals surface area contributed by atoms with E-state index in [0.29, 0.717) is 0 Å². The van der Waals surface area contributed by atoms with Crippen molar-refractivity contribution in [2.75, 3.05) is 6.54 Å². The van der Waals surface area contributed by atoms with Crippen molar-refractivity contribution in [3.05, 3.63) is 36.2 Å². The summed E-state index contributed by atoms with van der Waals surface area (Å²) in [6.45, 7) is 7.64. The lowest BCUT2D eigenvalue weighted by molar-refractivity contribution is -0.138. The fourth-order valence-corrected chi connectivity index (χ4v) is 3.41. The van der Waals surface area contributed by atoms with Gasteiger partial charge in [0.05, 0.1) is 24.6 Å². The first-order valence-electron chi connectivity index (χ1n) is 8.35. The SMILES string of the molecule is Cc1cc(C)n(C[C@H]2CCCCN2C(=O)[C@@H](C)n2ccnc2)n1. The lowest BCUT2D eigenvalue weighted by Gasteiger charge is -2.37. The smallest absolute Gasteiger partial charge is 0.245 e. The van der Waals surface area contributed by atoms with E-state index in [2.05, 4.69) is 23.1 Å². The maximum atomic E-state index is 12.9. The van der Waals surface area contributed by atoms with Crippen LogP contribution < -0.4 is 0 Å². The van der Waals surface area contributed by atoms with E-state index in [1.54, 1.807) is 12.5 Å². The molecule has 0 aliphatic carbocycles. The Bertz CT molecular complexity index is 661. The van der Waals surface area contributed by atoms with Crippen molar-refractivity contribution in [2.24, 2.45) is 0 Å². The number of likely N-dealkylation sites (tertiary alicyclic amines) is 1. The minimum Gasteiger partial charge on any atom is -0.336 e. The van der Waals surface area contributed by atoms with Crippen molar-refractivity contribution in [3.63, 3.8) is 0 Å². The molecule has 23 heavy (non-hydrogen) atoms. The molecule has 2 aromatic rings. The zero-order valence-corrected chi connectivity index (χ0v) is 14.1. The van der Waals surface area contributed by atoms with Crippen LogP contribution in [0.5, 0.6) is 0 Å². The highest BCUT2D eigenvalue weighted by molar-refractivity contribution is 5.80. The summed E-state index contributed by atoms with van der Waals surface area (Å²) in [5, 5.41) is 4.56. The van der Waals surface area contributed by atoms with Gasteiger partial charge in [0.15, 0.2) is 0 Å². The number of piperidine rings is 1. The Labute approximate surface area is 137 Å². The van der Waals surface area contributed by atoms with E-state index in [1.807, 2.05) is 34.2 Å². The Kier molecular flexibility index (Phi) is 4.50. The molecule has 1 aliphatic rings. The molecule has 6 nitrogen and oxygen atoms in total. The Morgan fingerprint density at radius 3 is 2.87 bits per heavy atom. The number of hydrogen-bond acceptors (Lipinski definition) is 3. The minimum absolute atomic E-state index is 0.175. The van der Waals surface area contributed by atoms with Gasteiger partial charge in [-0.05, 0) is 46.1 Å². The van der Waals surface area contributed by atoms with Gasteiger partial charge >= 0.3 is 0 Å². The van der Waals surface area contributed by atoms with E-state index >= 15 is 0 Å². The second-order valence-corrected chi connectivity index (χ2v) is 6.48. The van der Waals surface area contributed by atoms with Crippen LogP contribution in [0.3, 0.4) is 0 Å². The van der Waals surface area contributed by atoms with E-state index in [0.717, 1.165) is 37.3 Å². The van der Waals surface area contributed by atoms with Crippen LogP contribution in [-0.4, -0.2) is 42.7 Å². The largest absolute Gasteiger partial charge is 0.336 e. The molecule has 1 amide bonds. The molecular formula is C17H25N5O. The van der Waals surface area contributed by atoms with Crippen molar-refractivity contribution in [3.8, 4) is 0 Å². The number of hydrogen-bond donors (Lipinski definition) is 0. The average molecular weight is 315 g/mol. The van der Waals surface area contributed by atoms with Gasteiger partial charge in [0.25, 0.3) is 0 Å². The summed E-state index contributed by atoms with van der Waals surface area (Å²) in [5.74, 6) is 0.175. The number of imidazole rings is 1. The van der Waals surface area contributed by atoms with E-state index < -0.39 is 0 Å². The van der Waals surface area contributed by atoms with Crippen LogP contribution in [-0.2, 0) is 11.3 Å². The van der Waals surface area contributed by atoms with Crippen LogP contribution in [0, 0.1) is 13.8 Å². The topological polar surface area (TPSA) is 56.0 Å².